The van der Waals surface area contributed by atoms with Crippen LogP contribution in [0.2, 0.25) is 5.02 Å². The van der Waals surface area contributed by atoms with E-state index in [0.717, 1.165) is 0 Å². The Kier molecular flexibility index (Phi) is 6.11. The second kappa shape index (κ2) is 8.35. The summed E-state index contributed by atoms with van der Waals surface area (Å²) >= 11 is 6.23. The predicted octanol–water partition coefficient (Wildman–Crippen LogP) is 3.85. The predicted molar refractivity (Wildman–Crippen MR) is 102 cm³/mol. The first kappa shape index (κ1) is 19.8. The third-order valence-electron chi connectivity index (χ3n) is 4.76. The fourth-order valence-corrected chi connectivity index (χ4v) is 3.72. The summed E-state index contributed by atoms with van der Waals surface area (Å²) in [6.07, 6.45) is 0.875. The maximum atomic E-state index is 13.5. The molecular weight excluding hydrogens is 376 g/mol. The summed E-state index contributed by atoms with van der Waals surface area (Å²) in [6.45, 7) is 0.546. The maximum absolute atomic E-state index is 13.5. The summed E-state index contributed by atoms with van der Waals surface area (Å²) in [5.41, 5.74) is 0.870. The molecule has 1 atom stereocenters. The molecule has 0 aliphatic heterocycles. The number of benzene rings is 1. The van der Waals surface area contributed by atoms with Gasteiger partial charge in [-0.15, -0.1) is 0 Å². The van der Waals surface area contributed by atoms with E-state index in [2.05, 4.69) is 15.6 Å². The van der Waals surface area contributed by atoms with Crippen LogP contribution in [0.25, 0.3) is 10.9 Å². The molecule has 1 amide bonds. The van der Waals surface area contributed by atoms with Gasteiger partial charge in [0.15, 0.2) is 0 Å². The molecule has 3 N–H and O–H groups in total. The summed E-state index contributed by atoms with van der Waals surface area (Å²) in [5.74, 6) is -2.70. The third-order valence-corrected chi connectivity index (χ3v) is 5.07. The fraction of sp³-hybridized carbons (Fsp3) is 0.474. The Morgan fingerprint density at radius 1 is 1.33 bits per heavy atom. The molecule has 0 bridgehead atoms. The highest BCUT2D eigenvalue weighted by atomic mass is 35.5. The highest BCUT2D eigenvalue weighted by molar-refractivity contribution is 6.35. The van der Waals surface area contributed by atoms with Gasteiger partial charge >= 0.3 is 0 Å². The molecule has 5 nitrogen and oxygen atoms in total. The molecule has 0 radical (unpaired) electrons. The summed E-state index contributed by atoms with van der Waals surface area (Å²) in [7, 11) is 0. The van der Waals surface area contributed by atoms with Gasteiger partial charge in [-0.05, 0) is 43.0 Å². The molecule has 3 rings (SSSR count). The van der Waals surface area contributed by atoms with Gasteiger partial charge in [0, 0.05) is 31.3 Å². The highest BCUT2D eigenvalue weighted by Crippen LogP contribution is 2.36. The largest absolute Gasteiger partial charge is 0.395 e. The Morgan fingerprint density at radius 3 is 2.89 bits per heavy atom. The van der Waals surface area contributed by atoms with Gasteiger partial charge in [-0.3, -0.25) is 4.79 Å². The number of halogens is 3. The number of pyridine rings is 1. The minimum atomic E-state index is -2.65. The molecule has 1 aromatic carbocycles. The number of hydrogen-bond acceptors (Lipinski definition) is 4. The van der Waals surface area contributed by atoms with E-state index >= 15 is 0 Å². The quantitative estimate of drug-likeness (QED) is 0.692. The van der Waals surface area contributed by atoms with Crippen LogP contribution in [0.15, 0.2) is 24.3 Å². The first-order valence-corrected chi connectivity index (χ1v) is 9.37. The average molecular weight is 398 g/mol. The number of anilines is 1. The lowest BCUT2D eigenvalue weighted by Crippen LogP contribution is -2.35. The van der Waals surface area contributed by atoms with Crippen molar-refractivity contribution < 1.29 is 18.7 Å². The van der Waals surface area contributed by atoms with Crippen LogP contribution in [-0.2, 0) is 0 Å². The minimum absolute atomic E-state index is 0.0196. The second-order valence-electron chi connectivity index (χ2n) is 6.86. The molecule has 0 spiro atoms. The number of amides is 1. The van der Waals surface area contributed by atoms with Crippen molar-refractivity contribution in [3.05, 3.63) is 34.9 Å². The van der Waals surface area contributed by atoms with E-state index < -0.39 is 11.8 Å². The number of aliphatic hydroxyl groups is 1. The number of hydrogen-bond donors (Lipinski definition) is 3. The number of rotatable bonds is 6. The lowest BCUT2D eigenvalue weighted by molar-refractivity contribution is -0.0518. The zero-order valence-electron chi connectivity index (χ0n) is 14.8. The van der Waals surface area contributed by atoms with Crippen LogP contribution < -0.4 is 10.6 Å². The van der Waals surface area contributed by atoms with Gasteiger partial charge in [-0.2, -0.15) is 0 Å². The Bertz CT molecular complexity index is 832. The molecule has 1 unspecified atom stereocenters. The number of carbonyl (C=O) groups is 1. The van der Waals surface area contributed by atoms with E-state index in [0.29, 0.717) is 36.1 Å². The van der Waals surface area contributed by atoms with Gasteiger partial charge < -0.3 is 15.7 Å². The van der Waals surface area contributed by atoms with E-state index in [-0.39, 0.29) is 42.5 Å². The van der Waals surface area contributed by atoms with E-state index in [1.807, 2.05) is 0 Å². The standard InChI is InChI=1S/C19H22ClF2N3O2/c20-14-4-5-15-13(3-6-16(25-15)23-8-9-26)17(14)18(27)24-11-12-2-1-7-19(21,22)10-12/h3-6,12,26H,1-2,7-11H2,(H,23,25)(H,24,27). The van der Waals surface area contributed by atoms with Crippen molar-refractivity contribution in [3.63, 3.8) is 0 Å². The van der Waals surface area contributed by atoms with Gasteiger partial charge in [0.25, 0.3) is 5.91 Å². The first-order valence-electron chi connectivity index (χ1n) is 8.99. The van der Waals surface area contributed by atoms with Gasteiger partial charge in [0.05, 0.1) is 22.7 Å². The molecule has 1 fully saturated rings. The van der Waals surface area contributed by atoms with Gasteiger partial charge in [-0.25, -0.2) is 13.8 Å². The van der Waals surface area contributed by atoms with E-state index in [4.69, 9.17) is 16.7 Å². The number of fused-ring (bicyclic) bond motifs is 1. The number of aromatic nitrogens is 1. The topological polar surface area (TPSA) is 74.2 Å². The van der Waals surface area contributed by atoms with Gasteiger partial charge in [0.1, 0.15) is 5.82 Å². The van der Waals surface area contributed by atoms with Crippen molar-refractivity contribution in [1.82, 2.24) is 10.3 Å². The summed E-state index contributed by atoms with van der Waals surface area (Å²) in [6, 6.07) is 6.74. The van der Waals surface area contributed by atoms with E-state index in [9.17, 15) is 13.6 Å². The zero-order valence-corrected chi connectivity index (χ0v) is 15.5. The Balaban J connectivity index is 1.76. The summed E-state index contributed by atoms with van der Waals surface area (Å²) in [5, 5.41) is 15.5. The van der Waals surface area contributed by atoms with Crippen LogP contribution in [0.5, 0.6) is 0 Å². The van der Waals surface area contributed by atoms with Crippen LogP contribution in [0, 0.1) is 5.92 Å². The Labute approximate surface area is 161 Å². The first-order chi connectivity index (χ1) is 12.9. The van der Waals surface area contributed by atoms with Crippen molar-refractivity contribution in [2.45, 2.75) is 31.6 Å². The molecule has 1 heterocycles. The van der Waals surface area contributed by atoms with Crippen LogP contribution in [0.3, 0.4) is 0 Å². The van der Waals surface area contributed by atoms with Crippen molar-refractivity contribution in [2.24, 2.45) is 5.92 Å². The molecule has 1 aliphatic rings. The number of nitrogens with zero attached hydrogens (tertiary/aromatic N) is 1. The third kappa shape index (κ3) is 4.84. The van der Waals surface area contributed by atoms with E-state index in [1.54, 1.807) is 24.3 Å². The molecule has 146 valence electrons. The molecular formula is C19H22ClF2N3O2. The molecule has 1 aromatic heterocycles. The summed E-state index contributed by atoms with van der Waals surface area (Å²) in [4.78, 5) is 17.1. The van der Waals surface area contributed by atoms with Crippen LogP contribution in [0.4, 0.5) is 14.6 Å². The Hall–Kier alpha value is -1.99. The SMILES string of the molecule is O=C(NCC1CCCC(F)(F)C1)c1c(Cl)ccc2nc(NCCO)ccc12. The normalized spacial score (nSPS) is 19.0. The summed E-state index contributed by atoms with van der Waals surface area (Å²) < 4.78 is 27.1. The highest BCUT2D eigenvalue weighted by Gasteiger charge is 2.36. The fourth-order valence-electron chi connectivity index (χ4n) is 3.47. The van der Waals surface area contributed by atoms with Crippen LogP contribution >= 0.6 is 11.6 Å². The number of alkyl halides is 2. The molecule has 1 aliphatic carbocycles. The lowest BCUT2D eigenvalue weighted by atomic mass is 9.86. The minimum Gasteiger partial charge on any atom is -0.395 e. The van der Waals surface area contributed by atoms with Crippen molar-refractivity contribution in [1.29, 1.82) is 0 Å². The Morgan fingerprint density at radius 2 is 2.15 bits per heavy atom. The smallest absolute Gasteiger partial charge is 0.253 e. The van der Waals surface area contributed by atoms with E-state index in [1.165, 1.54) is 0 Å². The van der Waals surface area contributed by atoms with Crippen molar-refractivity contribution in [2.75, 3.05) is 25.0 Å². The lowest BCUT2D eigenvalue weighted by Gasteiger charge is -2.29. The van der Waals surface area contributed by atoms with Crippen molar-refractivity contribution >= 4 is 34.2 Å². The molecule has 27 heavy (non-hydrogen) atoms. The molecule has 0 saturated heterocycles. The number of nitrogens with one attached hydrogen (secondary N) is 2. The average Bonchev–Trinajstić information content (AvgIpc) is 2.63. The molecule has 8 heteroatoms. The van der Waals surface area contributed by atoms with Crippen molar-refractivity contribution in [3.8, 4) is 0 Å². The number of carbonyl (C=O) groups excluding carboxylic acids is 1. The zero-order chi connectivity index (χ0) is 19.4. The molecule has 2 aromatic rings. The van der Waals surface area contributed by atoms with Gasteiger partial charge in [0.2, 0.25) is 5.92 Å². The van der Waals surface area contributed by atoms with Gasteiger partial charge in [-0.1, -0.05) is 11.6 Å². The molecule has 1 saturated carbocycles. The van der Waals surface area contributed by atoms with Crippen LogP contribution in [-0.4, -0.2) is 41.6 Å². The second-order valence-corrected chi connectivity index (χ2v) is 7.27. The maximum Gasteiger partial charge on any atom is 0.253 e. The monoisotopic (exact) mass is 397 g/mol. The number of aliphatic hydroxyl groups excluding tert-OH is 1. The van der Waals surface area contributed by atoms with Crippen LogP contribution in [0.1, 0.15) is 36.0 Å².